The molecular formula is C19H25F2N3. The minimum Gasteiger partial charge on any atom is -0.368 e. The lowest BCUT2D eigenvalue weighted by Crippen LogP contribution is -2.38. The van der Waals surface area contributed by atoms with Gasteiger partial charge in [-0.3, -0.25) is 4.68 Å². The van der Waals surface area contributed by atoms with Crippen LogP contribution in [-0.2, 0) is 13.5 Å². The van der Waals surface area contributed by atoms with E-state index in [0.717, 1.165) is 37.9 Å². The number of hydrogen-bond acceptors (Lipinski definition) is 2. The van der Waals surface area contributed by atoms with Crippen molar-refractivity contribution in [1.82, 2.24) is 9.78 Å². The van der Waals surface area contributed by atoms with Crippen molar-refractivity contribution in [3.8, 4) is 11.3 Å². The molecule has 0 atom stereocenters. The van der Waals surface area contributed by atoms with Crippen molar-refractivity contribution < 1.29 is 8.78 Å². The fourth-order valence-corrected chi connectivity index (χ4v) is 3.75. The van der Waals surface area contributed by atoms with Crippen molar-refractivity contribution in [3.63, 3.8) is 0 Å². The number of rotatable bonds is 5. The third kappa shape index (κ3) is 3.04. The monoisotopic (exact) mass is 333 g/mol. The van der Waals surface area contributed by atoms with E-state index < -0.39 is 6.43 Å². The Hall–Kier alpha value is -1.91. The summed E-state index contributed by atoms with van der Waals surface area (Å²) in [6, 6.07) is 5.86. The number of nitrogens with zero attached hydrogens (tertiary/aromatic N) is 3. The Morgan fingerprint density at radius 3 is 2.54 bits per heavy atom. The third-order valence-corrected chi connectivity index (χ3v) is 5.01. The summed E-state index contributed by atoms with van der Waals surface area (Å²) >= 11 is 0. The molecule has 1 aliphatic rings. The van der Waals surface area contributed by atoms with E-state index in [9.17, 15) is 8.78 Å². The Morgan fingerprint density at radius 2 is 1.96 bits per heavy atom. The number of hydrogen-bond donors (Lipinski definition) is 0. The first-order valence-corrected chi connectivity index (χ1v) is 8.76. The average molecular weight is 333 g/mol. The number of aryl methyl sites for hydroxylation is 2. The molecule has 1 aromatic heterocycles. The van der Waals surface area contributed by atoms with E-state index in [2.05, 4.69) is 23.8 Å². The lowest BCUT2D eigenvalue weighted by Gasteiger charge is -2.38. The van der Waals surface area contributed by atoms with E-state index in [-0.39, 0.29) is 5.56 Å². The quantitative estimate of drug-likeness (QED) is 0.770. The van der Waals surface area contributed by atoms with Gasteiger partial charge in [0, 0.05) is 42.6 Å². The van der Waals surface area contributed by atoms with E-state index in [4.69, 9.17) is 0 Å². The van der Waals surface area contributed by atoms with Gasteiger partial charge in [-0.05, 0) is 49.4 Å². The molecule has 0 N–H and O–H groups in total. The van der Waals surface area contributed by atoms with Gasteiger partial charge in [0.2, 0.25) is 0 Å². The zero-order chi connectivity index (χ0) is 17.3. The van der Waals surface area contributed by atoms with Crippen LogP contribution in [0.15, 0.2) is 24.4 Å². The zero-order valence-corrected chi connectivity index (χ0v) is 14.6. The van der Waals surface area contributed by atoms with Gasteiger partial charge in [-0.1, -0.05) is 13.8 Å². The highest BCUT2D eigenvalue weighted by Gasteiger charge is 2.26. The minimum atomic E-state index is -2.50. The van der Waals surface area contributed by atoms with Crippen LogP contribution in [0.3, 0.4) is 0 Å². The molecule has 0 bridgehead atoms. The Morgan fingerprint density at radius 1 is 1.21 bits per heavy atom. The first kappa shape index (κ1) is 16.9. The van der Waals surface area contributed by atoms with Crippen molar-refractivity contribution >= 4 is 5.69 Å². The third-order valence-electron chi connectivity index (χ3n) is 5.01. The molecule has 0 fully saturated rings. The maximum absolute atomic E-state index is 13.7. The van der Waals surface area contributed by atoms with E-state index in [1.807, 2.05) is 6.07 Å². The standard InChI is InChI=1S/C19H25F2N3/c1-4-14(5-2)24-9-6-7-13-11-15(17-8-10-23(3)22-17)16(19(20)21)12-18(13)24/h8,10-12,14,19H,4-7,9H2,1-3H3. The van der Waals surface area contributed by atoms with Crippen LogP contribution in [0.1, 0.15) is 50.7 Å². The fourth-order valence-electron chi connectivity index (χ4n) is 3.75. The van der Waals surface area contributed by atoms with Gasteiger partial charge < -0.3 is 4.90 Å². The molecule has 0 saturated heterocycles. The number of halogens is 2. The molecule has 0 unspecified atom stereocenters. The van der Waals surface area contributed by atoms with Crippen LogP contribution < -0.4 is 4.90 Å². The van der Waals surface area contributed by atoms with E-state index in [1.54, 1.807) is 30.1 Å². The summed E-state index contributed by atoms with van der Waals surface area (Å²) in [7, 11) is 1.80. The van der Waals surface area contributed by atoms with E-state index in [0.29, 0.717) is 17.3 Å². The summed E-state index contributed by atoms with van der Waals surface area (Å²) in [5.74, 6) is 0. The second-order valence-electron chi connectivity index (χ2n) is 6.51. The number of aromatic nitrogens is 2. The molecule has 0 amide bonds. The predicted octanol–water partition coefficient (Wildman–Crippen LogP) is 4.97. The smallest absolute Gasteiger partial charge is 0.264 e. The summed E-state index contributed by atoms with van der Waals surface area (Å²) in [4.78, 5) is 2.33. The van der Waals surface area contributed by atoms with Gasteiger partial charge in [0.15, 0.2) is 0 Å². The highest BCUT2D eigenvalue weighted by atomic mass is 19.3. The van der Waals surface area contributed by atoms with Crippen molar-refractivity contribution in [2.45, 2.75) is 52.0 Å². The maximum atomic E-state index is 13.7. The van der Waals surface area contributed by atoms with Crippen LogP contribution in [0.2, 0.25) is 0 Å². The topological polar surface area (TPSA) is 21.1 Å². The van der Waals surface area contributed by atoms with Gasteiger partial charge in [-0.15, -0.1) is 0 Å². The molecule has 24 heavy (non-hydrogen) atoms. The molecule has 1 aromatic carbocycles. The predicted molar refractivity (Wildman–Crippen MR) is 93.6 cm³/mol. The van der Waals surface area contributed by atoms with Crippen LogP contribution in [0, 0.1) is 0 Å². The molecule has 3 rings (SSSR count). The van der Waals surface area contributed by atoms with E-state index in [1.165, 1.54) is 5.56 Å². The van der Waals surface area contributed by atoms with Crippen LogP contribution in [0.25, 0.3) is 11.3 Å². The molecule has 5 heteroatoms. The fraction of sp³-hybridized carbons (Fsp3) is 0.526. The molecule has 2 heterocycles. The number of benzene rings is 1. The summed E-state index contributed by atoms with van der Waals surface area (Å²) in [6.07, 6.45) is 3.36. The Bertz CT molecular complexity index is 705. The van der Waals surface area contributed by atoms with Gasteiger partial charge in [-0.25, -0.2) is 8.78 Å². The lowest BCUT2D eigenvalue weighted by atomic mass is 9.92. The molecule has 0 aliphatic carbocycles. The van der Waals surface area contributed by atoms with Crippen LogP contribution in [0.5, 0.6) is 0 Å². The number of fused-ring (bicyclic) bond motifs is 1. The number of alkyl halides is 2. The molecule has 0 spiro atoms. The average Bonchev–Trinajstić information content (AvgIpc) is 3.01. The van der Waals surface area contributed by atoms with Crippen molar-refractivity contribution in [2.75, 3.05) is 11.4 Å². The summed E-state index contributed by atoms with van der Waals surface area (Å²) in [5.41, 5.74) is 3.43. The molecule has 2 aromatic rings. The van der Waals surface area contributed by atoms with Crippen LogP contribution in [-0.4, -0.2) is 22.4 Å². The summed E-state index contributed by atoms with van der Waals surface area (Å²) < 4.78 is 29.1. The first-order chi connectivity index (χ1) is 11.5. The molecule has 0 saturated carbocycles. The van der Waals surface area contributed by atoms with Gasteiger partial charge in [0.25, 0.3) is 6.43 Å². The minimum absolute atomic E-state index is 0.0882. The second-order valence-corrected chi connectivity index (χ2v) is 6.51. The highest BCUT2D eigenvalue weighted by Crippen LogP contribution is 2.39. The van der Waals surface area contributed by atoms with Crippen molar-refractivity contribution in [1.29, 1.82) is 0 Å². The maximum Gasteiger partial charge on any atom is 0.264 e. The summed E-state index contributed by atoms with van der Waals surface area (Å²) in [6.45, 7) is 5.28. The lowest BCUT2D eigenvalue weighted by molar-refractivity contribution is 0.152. The number of anilines is 1. The van der Waals surface area contributed by atoms with Crippen LogP contribution >= 0.6 is 0 Å². The van der Waals surface area contributed by atoms with Crippen molar-refractivity contribution in [2.24, 2.45) is 7.05 Å². The van der Waals surface area contributed by atoms with Gasteiger partial charge in [0.1, 0.15) is 0 Å². The van der Waals surface area contributed by atoms with Gasteiger partial charge in [0.05, 0.1) is 5.69 Å². The highest BCUT2D eigenvalue weighted by molar-refractivity contribution is 5.72. The normalized spacial score (nSPS) is 14.5. The molecule has 0 radical (unpaired) electrons. The van der Waals surface area contributed by atoms with E-state index >= 15 is 0 Å². The molecular weight excluding hydrogens is 308 g/mol. The molecule has 3 nitrogen and oxygen atoms in total. The SMILES string of the molecule is CCC(CC)N1CCCc2cc(-c3ccn(C)n3)c(C(F)F)cc21. The largest absolute Gasteiger partial charge is 0.368 e. The molecule has 130 valence electrons. The molecule has 1 aliphatic heterocycles. The Labute approximate surface area is 142 Å². The first-order valence-electron chi connectivity index (χ1n) is 8.76. The summed E-state index contributed by atoms with van der Waals surface area (Å²) in [5, 5.41) is 4.33. The Kier molecular flexibility index (Phi) is 4.88. The Balaban J connectivity index is 2.12. The van der Waals surface area contributed by atoms with Crippen LogP contribution in [0.4, 0.5) is 14.5 Å². The van der Waals surface area contributed by atoms with Crippen molar-refractivity contribution in [3.05, 3.63) is 35.5 Å². The van der Waals surface area contributed by atoms with Gasteiger partial charge >= 0.3 is 0 Å². The second kappa shape index (κ2) is 6.91. The zero-order valence-electron chi connectivity index (χ0n) is 14.6. The van der Waals surface area contributed by atoms with Gasteiger partial charge in [-0.2, -0.15) is 5.10 Å².